The maximum Gasteiger partial charge on any atom is 0.243 e. The topological polar surface area (TPSA) is 29.1 Å². The van der Waals surface area contributed by atoms with Crippen molar-refractivity contribution in [3.63, 3.8) is 0 Å². The Balaban J connectivity index is 2.04. The van der Waals surface area contributed by atoms with E-state index in [0.717, 1.165) is 18.8 Å². The van der Waals surface area contributed by atoms with Gasteiger partial charge in [0.15, 0.2) is 0 Å². The molecule has 1 saturated carbocycles. The van der Waals surface area contributed by atoms with Crippen molar-refractivity contribution in [1.29, 1.82) is 0 Å². The molecule has 0 aliphatic heterocycles. The minimum atomic E-state index is -0.0157. The molecule has 1 fully saturated rings. The Labute approximate surface area is 112 Å². The van der Waals surface area contributed by atoms with Gasteiger partial charge in [0.25, 0.3) is 0 Å². The van der Waals surface area contributed by atoms with E-state index in [-0.39, 0.29) is 5.91 Å². The molecule has 0 radical (unpaired) electrons. The number of hydrogen-bond acceptors (Lipinski definition) is 1. The van der Waals surface area contributed by atoms with Gasteiger partial charge in [-0.25, -0.2) is 0 Å². The van der Waals surface area contributed by atoms with Crippen molar-refractivity contribution in [2.75, 3.05) is 0 Å². The van der Waals surface area contributed by atoms with Crippen LogP contribution in [0, 0.1) is 5.92 Å². The Morgan fingerprint density at radius 1 is 1.17 bits per heavy atom. The molecule has 18 heavy (non-hydrogen) atoms. The zero-order valence-corrected chi connectivity index (χ0v) is 11.9. The summed E-state index contributed by atoms with van der Waals surface area (Å²) in [6.45, 7) is 5.76. The lowest BCUT2D eigenvalue weighted by molar-refractivity contribution is -0.117. The number of hydrogen-bond donors (Lipinski definition) is 1. The lowest BCUT2D eigenvalue weighted by Crippen LogP contribution is -2.36. The van der Waals surface area contributed by atoms with Crippen molar-refractivity contribution in [1.82, 2.24) is 5.32 Å². The van der Waals surface area contributed by atoms with Crippen LogP contribution in [0.25, 0.3) is 0 Å². The van der Waals surface area contributed by atoms with Crippen LogP contribution in [-0.2, 0) is 4.79 Å². The second-order valence-corrected chi connectivity index (χ2v) is 5.63. The molecule has 2 heteroatoms. The molecule has 0 spiro atoms. The first kappa shape index (κ1) is 15.3. The zero-order valence-electron chi connectivity index (χ0n) is 11.9. The number of amides is 1. The van der Waals surface area contributed by atoms with Crippen LogP contribution < -0.4 is 5.32 Å². The van der Waals surface area contributed by atoms with E-state index in [4.69, 9.17) is 0 Å². The van der Waals surface area contributed by atoms with Crippen LogP contribution in [0.1, 0.15) is 71.1 Å². The molecule has 0 atom stereocenters. The van der Waals surface area contributed by atoms with Crippen LogP contribution in [0.15, 0.2) is 12.7 Å². The molecule has 0 bridgehead atoms. The van der Waals surface area contributed by atoms with Crippen LogP contribution >= 0.6 is 0 Å². The zero-order chi connectivity index (χ0) is 13.2. The molecule has 1 N–H and O–H groups in total. The first-order valence-electron chi connectivity index (χ1n) is 7.69. The van der Waals surface area contributed by atoms with Crippen LogP contribution in [0.3, 0.4) is 0 Å². The summed E-state index contributed by atoms with van der Waals surface area (Å²) in [5.41, 5.74) is 0. The summed E-state index contributed by atoms with van der Waals surface area (Å²) in [6, 6.07) is 0.395. The van der Waals surface area contributed by atoms with Gasteiger partial charge in [-0.15, -0.1) is 0 Å². The van der Waals surface area contributed by atoms with Crippen LogP contribution in [0.2, 0.25) is 0 Å². The van der Waals surface area contributed by atoms with Gasteiger partial charge in [0.2, 0.25) is 5.91 Å². The fourth-order valence-electron chi connectivity index (χ4n) is 2.89. The lowest BCUT2D eigenvalue weighted by atomic mass is 9.83. The van der Waals surface area contributed by atoms with Gasteiger partial charge in [-0.2, -0.15) is 0 Å². The maximum absolute atomic E-state index is 11.2. The molecule has 0 aromatic carbocycles. The quantitative estimate of drug-likeness (QED) is 0.508. The second-order valence-electron chi connectivity index (χ2n) is 5.63. The Hall–Kier alpha value is -0.790. The normalized spacial score (nSPS) is 23.6. The average molecular weight is 251 g/mol. The molecular weight excluding hydrogens is 222 g/mol. The molecule has 1 amide bonds. The average Bonchev–Trinajstić information content (AvgIpc) is 2.40. The third-order valence-corrected chi connectivity index (χ3v) is 4.09. The van der Waals surface area contributed by atoms with Crippen molar-refractivity contribution in [2.45, 2.75) is 77.2 Å². The van der Waals surface area contributed by atoms with Gasteiger partial charge in [-0.05, 0) is 37.7 Å². The van der Waals surface area contributed by atoms with Gasteiger partial charge < -0.3 is 5.32 Å². The lowest BCUT2D eigenvalue weighted by Gasteiger charge is -2.28. The predicted octanol–water partition coefficient (Wildman–Crippen LogP) is 4.21. The van der Waals surface area contributed by atoms with E-state index >= 15 is 0 Å². The molecule has 2 nitrogen and oxygen atoms in total. The smallest absolute Gasteiger partial charge is 0.243 e. The summed E-state index contributed by atoms with van der Waals surface area (Å²) in [7, 11) is 0. The van der Waals surface area contributed by atoms with Gasteiger partial charge in [-0.3, -0.25) is 4.79 Å². The van der Waals surface area contributed by atoms with E-state index in [0.29, 0.717) is 6.04 Å². The van der Waals surface area contributed by atoms with Crippen LogP contribution in [0.4, 0.5) is 0 Å². The largest absolute Gasteiger partial charge is 0.350 e. The van der Waals surface area contributed by atoms with E-state index in [1.807, 2.05) is 0 Å². The van der Waals surface area contributed by atoms with Gasteiger partial charge in [-0.1, -0.05) is 52.0 Å². The molecule has 0 aromatic heterocycles. The second kappa shape index (κ2) is 9.18. The molecule has 1 aliphatic rings. The van der Waals surface area contributed by atoms with Crippen molar-refractivity contribution in [3.8, 4) is 0 Å². The summed E-state index contributed by atoms with van der Waals surface area (Å²) in [5, 5.41) is 3.02. The number of nitrogens with one attached hydrogen (secondary N) is 1. The molecule has 1 aliphatic carbocycles. The highest BCUT2D eigenvalue weighted by Crippen LogP contribution is 2.28. The third-order valence-electron chi connectivity index (χ3n) is 4.09. The highest BCUT2D eigenvalue weighted by Gasteiger charge is 2.21. The molecule has 0 aromatic rings. The summed E-state index contributed by atoms with van der Waals surface area (Å²) in [5.74, 6) is 0.890. The van der Waals surface area contributed by atoms with Crippen molar-refractivity contribution < 1.29 is 4.79 Å². The fourth-order valence-corrected chi connectivity index (χ4v) is 2.89. The predicted molar refractivity (Wildman–Crippen MR) is 77.5 cm³/mol. The van der Waals surface area contributed by atoms with Crippen LogP contribution in [0.5, 0.6) is 0 Å². The van der Waals surface area contributed by atoms with Crippen molar-refractivity contribution in [3.05, 3.63) is 12.7 Å². The van der Waals surface area contributed by atoms with Gasteiger partial charge in [0.05, 0.1) is 0 Å². The van der Waals surface area contributed by atoms with E-state index < -0.39 is 0 Å². The van der Waals surface area contributed by atoms with E-state index in [9.17, 15) is 4.79 Å². The summed E-state index contributed by atoms with van der Waals surface area (Å²) in [4.78, 5) is 11.2. The molecular formula is C16H29NO. The number of carbonyl (C=O) groups is 1. The first-order chi connectivity index (χ1) is 8.76. The number of unbranched alkanes of at least 4 members (excludes halogenated alkanes) is 4. The minimum Gasteiger partial charge on any atom is -0.350 e. The summed E-state index contributed by atoms with van der Waals surface area (Å²) in [6.07, 6.45) is 14.6. The van der Waals surface area contributed by atoms with Gasteiger partial charge in [0, 0.05) is 6.04 Å². The summed E-state index contributed by atoms with van der Waals surface area (Å²) >= 11 is 0. The minimum absolute atomic E-state index is 0.0157. The molecule has 0 saturated heterocycles. The van der Waals surface area contributed by atoms with Gasteiger partial charge in [0.1, 0.15) is 0 Å². The Morgan fingerprint density at radius 3 is 2.44 bits per heavy atom. The fraction of sp³-hybridized carbons (Fsp3) is 0.812. The Bertz CT molecular complexity index is 241. The molecule has 0 heterocycles. The van der Waals surface area contributed by atoms with Crippen molar-refractivity contribution in [2.24, 2.45) is 5.92 Å². The van der Waals surface area contributed by atoms with E-state index in [1.54, 1.807) is 0 Å². The Kier molecular flexibility index (Phi) is 7.79. The van der Waals surface area contributed by atoms with E-state index in [1.165, 1.54) is 57.4 Å². The Morgan fingerprint density at radius 2 is 1.83 bits per heavy atom. The maximum atomic E-state index is 11.2. The highest BCUT2D eigenvalue weighted by atomic mass is 16.1. The molecule has 104 valence electrons. The summed E-state index contributed by atoms with van der Waals surface area (Å²) < 4.78 is 0. The van der Waals surface area contributed by atoms with Crippen LogP contribution in [-0.4, -0.2) is 11.9 Å². The highest BCUT2D eigenvalue weighted by molar-refractivity contribution is 5.87. The standard InChI is InChI=1S/C16H29NO/c1-3-5-6-7-8-9-14-10-12-15(13-11-14)17-16(18)4-2/h4,14-15H,2-3,5-13H2,1H3,(H,17,18). The number of rotatable bonds is 8. The first-order valence-corrected chi connectivity index (χ1v) is 7.69. The van der Waals surface area contributed by atoms with Gasteiger partial charge >= 0.3 is 0 Å². The monoisotopic (exact) mass is 251 g/mol. The van der Waals surface area contributed by atoms with Crippen molar-refractivity contribution >= 4 is 5.91 Å². The third kappa shape index (κ3) is 6.23. The number of carbonyl (C=O) groups excluding carboxylic acids is 1. The SMILES string of the molecule is C=CC(=O)NC1CCC(CCCCCCC)CC1. The molecule has 0 unspecified atom stereocenters. The molecule has 1 rings (SSSR count). The van der Waals surface area contributed by atoms with E-state index in [2.05, 4.69) is 18.8 Å².